The van der Waals surface area contributed by atoms with Crippen molar-refractivity contribution in [2.24, 2.45) is 0 Å². The quantitative estimate of drug-likeness (QED) is 0.245. The van der Waals surface area contributed by atoms with Gasteiger partial charge in [0.05, 0.1) is 10.8 Å². The molecule has 0 spiro atoms. The third kappa shape index (κ3) is 1.84. The van der Waals surface area contributed by atoms with Crippen LogP contribution in [-0.4, -0.2) is 16.6 Å². The van der Waals surface area contributed by atoms with E-state index in [2.05, 4.69) is 0 Å². The van der Waals surface area contributed by atoms with Crippen LogP contribution < -0.4 is 0 Å². The molecule has 0 unspecified atom stereocenters. The van der Waals surface area contributed by atoms with Gasteiger partial charge in [-0.05, 0) is 0 Å². The molecule has 1 N–H and O–H groups in total. The van der Waals surface area contributed by atoms with Crippen molar-refractivity contribution in [3.8, 4) is 0 Å². The largest absolute Gasteiger partial charge is 0.372 e. The minimum Gasteiger partial charge on any atom is -0.287 e. The van der Waals surface area contributed by atoms with Crippen LogP contribution in [0, 0.1) is 15.5 Å². The molecule has 0 amide bonds. The lowest BCUT2D eigenvalue weighted by atomic mass is 10.4. The van der Waals surface area contributed by atoms with Crippen LogP contribution in [0.2, 0.25) is 0 Å². The number of ketones is 1. The maximum atomic E-state index is 10.2. The van der Waals surface area contributed by atoms with E-state index in [1.165, 1.54) is 5.87 Å². The number of allylic oxidation sites excluding steroid dienone is 1. The van der Waals surface area contributed by atoms with Crippen LogP contribution in [0.25, 0.3) is 0 Å². The SMILES string of the molecule is CC(=O)C(=C=N)[N+](=O)[O-]. The molecule has 0 aromatic carbocycles. The summed E-state index contributed by atoms with van der Waals surface area (Å²) in [5.74, 6) is 0.664. The Bertz CT molecular complexity index is 186. The smallest absolute Gasteiger partial charge is 0.287 e. The number of Topliss-reactive ketones (excluding diaryl/α,β-unsaturated/α-hetero) is 1. The molecule has 0 bridgehead atoms. The molecular formula is C4H4N2O3. The fourth-order valence-electron chi connectivity index (χ4n) is 0.262. The van der Waals surface area contributed by atoms with Crippen LogP contribution in [0.5, 0.6) is 0 Å². The van der Waals surface area contributed by atoms with E-state index in [-0.39, 0.29) is 0 Å². The Labute approximate surface area is 50.6 Å². The molecule has 0 aliphatic heterocycles. The molecule has 48 valence electrons. The van der Waals surface area contributed by atoms with Crippen molar-refractivity contribution in [3.05, 3.63) is 15.8 Å². The van der Waals surface area contributed by atoms with Gasteiger partial charge in [-0.25, -0.2) is 0 Å². The second-order valence-electron chi connectivity index (χ2n) is 1.29. The van der Waals surface area contributed by atoms with Gasteiger partial charge in [-0.1, -0.05) is 0 Å². The van der Waals surface area contributed by atoms with E-state index in [9.17, 15) is 14.9 Å². The number of rotatable bonds is 2. The van der Waals surface area contributed by atoms with E-state index in [4.69, 9.17) is 5.41 Å². The molecular weight excluding hydrogens is 124 g/mol. The molecule has 0 aliphatic carbocycles. The molecule has 5 heteroatoms. The van der Waals surface area contributed by atoms with Crippen LogP contribution in [0.3, 0.4) is 0 Å². The van der Waals surface area contributed by atoms with Crippen molar-refractivity contribution in [2.45, 2.75) is 6.92 Å². The molecule has 9 heavy (non-hydrogen) atoms. The molecule has 0 saturated carbocycles. The predicted molar refractivity (Wildman–Crippen MR) is 28.9 cm³/mol. The molecule has 0 aliphatic rings. The summed E-state index contributed by atoms with van der Waals surface area (Å²) in [5, 5.41) is 16.0. The lowest BCUT2D eigenvalue weighted by molar-refractivity contribution is -0.416. The monoisotopic (exact) mass is 128 g/mol. The Morgan fingerprint density at radius 3 is 2.22 bits per heavy atom. The summed E-state index contributed by atoms with van der Waals surface area (Å²) in [4.78, 5) is 19.0. The molecule has 0 aromatic rings. The van der Waals surface area contributed by atoms with E-state index in [1.807, 2.05) is 0 Å². The minimum absolute atomic E-state index is 0.755. The number of nitro groups is 1. The number of hydrogen-bond acceptors (Lipinski definition) is 4. The molecule has 0 radical (unpaired) electrons. The zero-order valence-electron chi connectivity index (χ0n) is 4.67. The zero-order valence-corrected chi connectivity index (χ0v) is 4.67. The number of carbonyl (C=O) groups is 1. The molecule has 0 atom stereocenters. The van der Waals surface area contributed by atoms with Crippen molar-refractivity contribution in [3.63, 3.8) is 0 Å². The standard InChI is InChI=1S/C4H4N2O3/c1-3(7)4(2-5)6(8)9/h5H,1H3. The van der Waals surface area contributed by atoms with Crippen molar-refractivity contribution in [1.82, 2.24) is 0 Å². The summed E-state index contributed by atoms with van der Waals surface area (Å²) in [5.41, 5.74) is -0.810. The number of nitrogens with zero attached hydrogens (tertiary/aromatic N) is 1. The highest BCUT2D eigenvalue weighted by Crippen LogP contribution is 1.88. The molecule has 5 nitrogen and oxygen atoms in total. The first-order valence-corrected chi connectivity index (χ1v) is 2.04. The summed E-state index contributed by atoms with van der Waals surface area (Å²) in [6.07, 6.45) is 0. The van der Waals surface area contributed by atoms with Crippen molar-refractivity contribution < 1.29 is 9.72 Å². The fourth-order valence-corrected chi connectivity index (χ4v) is 0.262. The van der Waals surface area contributed by atoms with Crippen LogP contribution in [-0.2, 0) is 4.79 Å². The molecule has 0 saturated heterocycles. The van der Waals surface area contributed by atoms with Gasteiger partial charge >= 0.3 is 5.70 Å². The van der Waals surface area contributed by atoms with Crippen molar-refractivity contribution in [2.75, 3.05) is 0 Å². The summed E-state index contributed by atoms with van der Waals surface area (Å²) < 4.78 is 0. The topological polar surface area (TPSA) is 84.1 Å². The Morgan fingerprint density at radius 2 is 2.22 bits per heavy atom. The molecule has 0 fully saturated rings. The molecule has 0 heterocycles. The van der Waals surface area contributed by atoms with E-state index in [1.54, 1.807) is 0 Å². The lowest BCUT2D eigenvalue weighted by Crippen LogP contribution is -2.07. The van der Waals surface area contributed by atoms with Gasteiger partial charge in [0.15, 0.2) is 0 Å². The van der Waals surface area contributed by atoms with E-state index >= 15 is 0 Å². The number of hydrogen-bond donors (Lipinski definition) is 1. The summed E-state index contributed by atoms with van der Waals surface area (Å²) >= 11 is 0. The third-order valence-electron chi connectivity index (χ3n) is 0.634. The second kappa shape index (κ2) is 2.74. The highest BCUT2D eigenvalue weighted by atomic mass is 16.6. The third-order valence-corrected chi connectivity index (χ3v) is 0.634. The van der Waals surface area contributed by atoms with Crippen LogP contribution >= 0.6 is 0 Å². The Kier molecular flexibility index (Phi) is 2.29. The molecule has 0 aromatic heterocycles. The molecule has 0 rings (SSSR count). The first-order chi connectivity index (χ1) is 4.09. The van der Waals surface area contributed by atoms with E-state index < -0.39 is 16.4 Å². The normalized spacial score (nSPS) is 7.67. The first-order valence-electron chi connectivity index (χ1n) is 2.04. The fraction of sp³-hybridized carbons (Fsp3) is 0.250. The van der Waals surface area contributed by atoms with Gasteiger partial charge in [-0.15, -0.1) is 0 Å². The lowest BCUT2D eigenvalue weighted by Gasteiger charge is -1.83. The summed E-state index contributed by atoms with van der Waals surface area (Å²) in [7, 11) is 0. The minimum atomic E-state index is -0.935. The highest BCUT2D eigenvalue weighted by molar-refractivity contribution is 5.98. The van der Waals surface area contributed by atoms with E-state index in [0.29, 0.717) is 0 Å². The van der Waals surface area contributed by atoms with Gasteiger partial charge in [-0.2, -0.15) is 0 Å². The Balaban J connectivity index is 4.59. The Hall–Kier alpha value is -1.48. The van der Waals surface area contributed by atoms with Gasteiger partial charge in [0, 0.05) is 6.92 Å². The van der Waals surface area contributed by atoms with Gasteiger partial charge in [0.25, 0.3) is 0 Å². The highest BCUT2D eigenvalue weighted by Gasteiger charge is 2.15. The Morgan fingerprint density at radius 1 is 1.78 bits per heavy atom. The van der Waals surface area contributed by atoms with Crippen molar-refractivity contribution >= 4 is 11.7 Å². The van der Waals surface area contributed by atoms with Crippen LogP contribution in [0.15, 0.2) is 5.70 Å². The number of carbonyl (C=O) groups excluding carboxylic acids is 1. The van der Waals surface area contributed by atoms with Crippen LogP contribution in [0.4, 0.5) is 0 Å². The second-order valence-corrected chi connectivity index (χ2v) is 1.29. The average molecular weight is 128 g/mol. The van der Waals surface area contributed by atoms with Crippen molar-refractivity contribution in [1.29, 1.82) is 5.41 Å². The maximum Gasteiger partial charge on any atom is 0.372 e. The van der Waals surface area contributed by atoms with Gasteiger partial charge in [0.1, 0.15) is 0 Å². The van der Waals surface area contributed by atoms with Crippen LogP contribution in [0.1, 0.15) is 6.92 Å². The van der Waals surface area contributed by atoms with Gasteiger partial charge in [-0.3, -0.25) is 20.3 Å². The van der Waals surface area contributed by atoms with Gasteiger partial charge < -0.3 is 0 Å². The maximum absolute atomic E-state index is 10.2. The zero-order chi connectivity index (χ0) is 7.44. The predicted octanol–water partition coefficient (Wildman–Crippen LogP) is -0.0155. The summed E-state index contributed by atoms with van der Waals surface area (Å²) in [6, 6.07) is 0. The first kappa shape index (κ1) is 7.52. The van der Waals surface area contributed by atoms with Gasteiger partial charge in [0.2, 0.25) is 5.78 Å². The average Bonchev–Trinajstić information content (AvgIpc) is 1.64. The number of nitrogens with one attached hydrogen (secondary N) is 1. The van der Waals surface area contributed by atoms with E-state index in [0.717, 1.165) is 6.92 Å². The summed E-state index contributed by atoms with van der Waals surface area (Å²) in [6.45, 7) is 1.01.